The first-order chi connectivity index (χ1) is 10.0. The monoisotopic (exact) mass is 339 g/mol. The van der Waals surface area contributed by atoms with Crippen molar-refractivity contribution >= 4 is 11.4 Å². The van der Waals surface area contributed by atoms with Crippen molar-refractivity contribution in [3.63, 3.8) is 0 Å². The Balaban J connectivity index is 2.94. The standard InChI is InChI=1S/C14H20F3NO3S/c1-13(2,3)22(20)18-12(7-8-19)10-5-4-6-11(9-10)21-14(15,16)17/h4-6,9,12,18-19H,7-8H2,1-3H3. The maximum atomic E-state index is 12.3. The highest BCUT2D eigenvalue weighted by atomic mass is 32.2. The van der Waals surface area contributed by atoms with Gasteiger partial charge in [0.15, 0.2) is 0 Å². The molecule has 0 heterocycles. The van der Waals surface area contributed by atoms with Gasteiger partial charge in [0, 0.05) is 18.0 Å². The van der Waals surface area contributed by atoms with Crippen LogP contribution in [0, 0.1) is 0 Å². The topological polar surface area (TPSA) is 64.5 Å². The molecule has 1 aromatic carbocycles. The van der Waals surface area contributed by atoms with Gasteiger partial charge in [-0.25, -0.2) is 0 Å². The summed E-state index contributed by atoms with van der Waals surface area (Å²) < 4.78 is 55.1. The fraction of sp³-hybridized carbons (Fsp3) is 0.571. The summed E-state index contributed by atoms with van der Waals surface area (Å²) in [6.07, 6.45) is -4.55. The smallest absolute Gasteiger partial charge is 0.573 e. The van der Waals surface area contributed by atoms with E-state index in [2.05, 4.69) is 9.46 Å². The average molecular weight is 339 g/mol. The van der Waals surface area contributed by atoms with Crippen molar-refractivity contribution < 1.29 is 27.6 Å². The molecule has 2 unspecified atom stereocenters. The highest BCUT2D eigenvalue weighted by Crippen LogP contribution is 2.28. The molecule has 0 saturated carbocycles. The van der Waals surface area contributed by atoms with Crippen molar-refractivity contribution in [1.29, 1.82) is 0 Å². The minimum absolute atomic E-state index is 0.191. The second-order valence-corrected chi connectivity index (χ2v) is 7.68. The minimum atomic E-state index is -4.77. The molecule has 0 aliphatic carbocycles. The van der Waals surface area contributed by atoms with E-state index >= 15 is 0 Å². The van der Waals surface area contributed by atoms with Gasteiger partial charge >= 0.3 is 6.36 Å². The normalized spacial score (nSPS) is 15.5. The summed E-state index contributed by atoms with van der Waals surface area (Å²) in [4.78, 5) is 0. The maximum absolute atomic E-state index is 12.3. The summed E-state index contributed by atoms with van der Waals surface area (Å²) in [5.74, 6) is -0.351. The second-order valence-electron chi connectivity index (χ2n) is 5.68. The molecule has 0 aliphatic heterocycles. The number of aliphatic hydroxyl groups excluding tert-OH is 1. The fourth-order valence-corrected chi connectivity index (χ4v) is 2.52. The second kappa shape index (κ2) is 7.54. The Bertz CT molecular complexity index is 477. The van der Waals surface area contributed by atoms with Gasteiger partial charge in [0.2, 0.25) is 0 Å². The molecule has 2 atom stereocenters. The zero-order valence-corrected chi connectivity index (χ0v) is 13.4. The highest BCUT2D eigenvalue weighted by molar-refractivity contribution is 7.90. The van der Waals surface area contributed by atoms with Crippen molar-refractivity contribution in [2.45, 2.75) is 44.3 Å². The van der Waals surface area contributed by atoms with Crippen LogP contribution in [0.2, 0.25) is 0 Å². The lowest BCUT2D eigenvalue weighted by molar-refractivity contribution is -0.274. The number of hydrogen-bond acceptors (Lipinski definition) is 4. The molecule has 0 fully saturated rings. The van der Waals surface area contributed by atoms with Crippen LogP contribution in [0.1, 0.15) is 38.8 Å². The minimum Gasteiger partial charge on any atom is -0.598 e. The van der Waals surface area contributed by atoms with E-state index in [4.69, 9.17) is 5.11 Å². The molecule has 22 heavy (non-hydrogen) atoms. The first-order valence-electron chi connectivity index (χ1n) is 6.67. The Morgan fingerprint density at radius 3 is 2.45 bits per heavy atom. The van der Waals surface area contributed by atoms with E-state index in [9.17, 15) is 17.7 Å². The van der Waals surface area contributed by atoms with Crippen LogP contribution in [0.15, 0.2) is 24.3 Å². The van der Waals surface area contributed by atoms with Crippen LogP contribution in [0.25, 0.3) is 0 Å². The molecule has 0 saturated heterocycles. The van der Waals surface area contributed by atoms with Gasteiger partial charge in [-0.05, 0) is 44.9 Å². The number of ether oxygens (including phenoxy) is 1. The van der Waals surface area contributed by atoms with Crippen molar-refractivity contribution in [1.82, 2.24) is 4.72 Å². The molecule has 2 N–H and O–H groups in total. The Morgan fingerprint density at radius 1 is 1.32 bits per heavy atom. The molecule has 1 rings (SSSR count). The van der Waals surface area contributed by atoms with E-state index in [1.54, 1.807) is 26.8 Å². The molecule has 0 bridgehead atoms. The molecule has 126 valence electrons. The number of hydrogen-bond donors (Lipinski definition) is 2. The maximum Gasteiger partial charge on any atom is 0.573 e. The zero-order valence-electron chi connectivity index (χ0n) is 12.6. The molecule has 0 aliphatic rings. The van der Waals surface area contributed by atoms with Gasteiger partial charge in [0.05, 0.1) is 6.04 Å². The quantitative estimate of drug-likeness (QED) is 0.782. The summed E-state index contributed by atoms with van der Waals surface area (Å²) in [5.41, 5.74) is 0.466. The fourth-order valence-electron chi connectivity index (χ4n) is 1.66. The summed E-state index contributed by atoms with van der Waals surface area (Å²) >= 11 is -1.42. The number of nitrogens with one attached hydrogen (secondary N) is 1. The van der Waals surface area contributed by atoms with Gasteiger partial charge in [-0.1, -0.05) is 12.1 Å². The summed E-state index contributed by atoms with van der Waals surface area (Å²) in [6, 6.07) is 4.88. The van der Waals surface area contributed by atoms with Crippen LogP contribution in [-0.2, 0) is 11.4 Å². The van der Waals surface area contributed by atoms with E-state index < -0.39 is 28.5 Å². The number of alkyl halides is 3. The SMILES string of the molecule is CC(C)(C)[S+]([O-])NC(CCO)c1cccc(OC(F)(F)F)c1. The average Bonchev–Trinajstić information content (AvgIpc) is 2.35. The first-order valence-corrected chi connectivity index (χ1v) is 7.82. The number of halogens is 3. The number of rotatable bonds is 6. The molecule has 0 amide bonds. The number of aliphatic hydroxyl groups is 1. The van der Waals surface area contributed by atoms with Crippen LogP contribution < -0.4 is 9.46 Å². The molecule has 0 spiro atoms. The van der Waals surface area contributed by atoms with Gasteiger partial charge < -0.3 is 14.4 Å². The van der Waals surface area contributed by atoms with Gasteiger partial charge in [0.25, 0.3) is 0 Å². The first kappa shape index (κ1) is 19.1. The third-order valence-electron chi connectivity index (χ3n) is 2.72. The van der Waals surface area contributed by atoms with Gasteiger partial charge in [0.1, 0.15) is 10.5 Å². The molecular formula is C14H20F3NO3S. The Hall–Kier alpha value is -0.960. The lowest BCUT2D eigenvalue weighted by Gasteiger charge is -2.28. The molecular weight excluding hydrogens is 319 g/mol. The van der Waals surface area contributed by atoms with E-state index in [-0.39, 0.29) is 18.8 Å². The third-order valence-corrected chi connectivity index (χ3v) is 4.33. The number of benzene rings is 1. The van der Waals surface area contributed by atoms with Crippen molar-refractivity contribution in [3.8, 4) is 5.75 Å². The molecule has 1 aromatic rings. The van der Waals surface area contributed by atoms with Crippen LogP contribution in [-0.4, -0.2) is 27.4 Å². The van der Waals surface area contributed by atoms with Crippen molar-refractivity contribution in [2.75, 3.05) is 6.61 Å². The summed E-state index contributed by atoms with van der Waals surface area (Å²) in [6.45, 7) is 5.13. The van der Waals surface area contributed by atoms with E-state index in [1.807, 2.05) is 0 Å². The Kier molecular flexibility index (Phi) is 6.54. The lowest BCUT2D eigenvalue weighted by atomic mass is 10.1. The third kappa shape index (κ3) is 6.43. The summed E-state index contributed by atoms with van der Waals surface area (Å²) in [5, 5.41) is 9.12. The molecule has 8 heteroatoms. The van der Waals surface area contributed by atoms with Gasteiger partial charge in [-0.3, -0.25) is 0 Å². The predicted octanol–water partition coefficient (Wildman–Crippen LogP) is 3.06. The predicted molar refractivity (Wildman–Crippen MR) is 78.6 cm³/mol. The largest absolute Gasteiger partial charge is 0.598 e. The van der Waals surface area contributed by atoms with Crippen molar-refractivity contribution in [2.24, 2.45) is 0 Å². The Labute approximate surface area is 131 Å². The van der Waals surface area contributed by atoms with Gasteiger partial charge in [-0.2, -0.15) is 0 Å². The van der Waals surface area contributed by atoms with Crippen LogP contribution in [0.5, 0.6) is 5.75 Å². The highest BCUT2D eigenvalue weighted by Gasteiger charge is 2.32. The molecule has 4 nitrogen and oxygen atoms in total. The zero-order chi connectivity index (χ0) is 17.0. The molecule has 0 aromatic heterocycles. The van der Waals surface area contributed by atoms with E-state index in [0.717, 1.165) is 0 Å². The van der Waals surface area contributed by atoms with Crippen LogP contribution in [0.3, 0.4) is 0 Å². The molecule has 0 radical (unpaired) electrons. The van der Waals surface area contributed by atoms with Crippen LogP contribution in [0.4, 0.5) is 13.2 Å². The summed E-state index contributed by atoms with van der Waals surface area (Å²) in [7, 11) is 0. The van der Waals surface area contributed by atoms with E-state index in [0.29, 0.717) is 5.56 Å². The lowest BCUT2D eigenvalue weighted by Crippen LogP contribution is -2.41. The van der Waals surface area contributed by atoms with Crippen LogP contribution >= 0.6 is 0 Å². The van der Waals surface area contributed by atoms with Gasteiger partial charge in [-0.15, -0.1) is 17.9 Å². The van der Waals surface area contributed by atoms with E-state index in [1.165, 1.54) is 18.2 Å². The van der Waals surface area contributed by atoms with Crippen molar-refractivity contribution in [3.05, 3.63) is 29.8 Å². The Morgan fingerprint density at radius 2 is 1.95 bits per heavy atom.